The largest absolute Gasteiger partial charge is 0.366 e. The molecule has 0 radical (unpaired) electrons. The first kappa shape index (κ1) is 14.0. The molecule has 1 aliphatic rings. The quantitative estimate of drug-likeness (QED) is 0.778. The van der Waals surface area contributed by atoms with Gasteiger partial charge in [0, 0.05) is 12.0 Å². The van der Waals surface area contributed by atoms with Crippen molar-refractivity contribution in [3.8, 4) is 11.1 Å². The van der Waals surface area contributed by atoms with Crippen LogP contribution in [0.2, 0.25) is 0 Å². The number of rotatable bonds is 3. The van der Waals surface area contributed by atoms with E-state index in [1.807, 2.05) is 36.4 Å². The molecule has 1 fully saturated rings. The number of hydrogen-bond donors (Lipinski definition) is 2. The van der Waals surface area contributed by atoms with Gasteiger partial charge in [0.15, 0.2) is 0 Å². The van der Waals surface area contributed by atoms with Crippen LogP contribution in [0.1, 0.15) is 28.3 Å². The van der Waals surface area contributed by atoms with Gasteiger partial charge in [0.25, 0.3) is 0 Å². The topological polar surface area (TPSA) is 69.1 Å². The van der Waals surface area contributed by atoms with Crippen LogP contribution in [-0.2, 0) is 0 Å². The molecule has 2 atom stereocenters. The lowest BCUT2D eigenvalue weighted by molar-refractivity contribution is 0.100. The molecule has 3 nitrogen and oxygen atoms in total. The van der Waals surface area contributed by atoms with Gasteiger partial charge < -0.3 is 11.5 Å². The summed E-state index contributed by atoms with van der Waals surface area (Å²) in [6.07, 6.45) is 1.06. The standard InChI is InChI=1S/C20H18N2O/c21-18-11-17(18)14-7-5-13(6-8-14)16-10-9-12-3-1-2-4-15(12)19(16)20(22)23/h1-10,17-18H,11,21H2,(H2,22,23). The highest BCUT2D eigenvalue weighted by Gasteiger charge is 2.34. The van der Waals surface area contributed by atoms with E-state index in [2.05, 4.69) is 24.3 Å². The summed E-state index contributed by atoms with van der Waals surface area (Å²) in [6.45, 7) is 0. The van der Waals surface area contributed by atoms with Crippen LogP contribution in [0.5, 0.6) is 0 Å². The molecule has 0 aliphatic heterocycles. The number of benzene rings is 3. The zero-order chi connectivity index (χ0) is 16.0. The number of carbonyl (C=O) groups excluding carboxylic acids is 1. The molecule has 0 spiro atoms. The predicted octanol–water partition coefficient (Wildman–Crippen LogP) is 3.42. The van der Waals surface area contributed by atoms with Gasteiger partial charge in [0.05, 0.1) is 5.56 Å². The highest BCUT2D eigenvalue weighted by molar-refractivity contribution is 6.11. The molecular formula is C20H18N2O. The fourth-order valence-corrected chi connectivity index (χ4v) is 3.29. The number of hydrogen-bond acceptors (Lipinski definition) is 2. The first-order valence-corrected chi connectivity index (χ1v) is 7.82. The molecule has 1 saturated carbocycles. The first-order valence-electron chi connectivity index (χ1n) is 7.82. The monoisotopic (exact) mass is 302 g/mol. The summed E-state index contributed by atoms with van der Waals surface area (Å²) in [5, 5.41) is 1.91. The molecule has 1 aliphatic carbocycles. The Bertz CT molecular complexity index is 899. The van der Waals surface area contributed by atoms with E-state index < -0.39 is 5.91 Å². The Hall–Kier alpha value is -2.65. The van der Waals surface area contributed by atoms with Gasteiger partial charge in [-0.05, 0) is 33.9 Å². The van der Waals surface area contributed by atoms with E-state index in [0.717, 1.165) is 28.3 Å². The third-order valence-corrected chi connectivity index (χ3v) is 4.67. The van der Waals surface area contributed by atoms with Crippen LogP contribution in [0.25, 0.3) is 21.9 Å². The van der Waals surface area contributed by atoms with Crippen molar-refractivity contribution < 1.29 is 4.79 Å². The van der Waals surface area contributed by atoms with Crippen molar-refractivity contribution in [2.24, 2.45) is 11.5 Å². The van der Waals surface area contributed by atoms with Crippen molar-refractivity contribution in [1.82, 2.24) is 0 Å². The third kappa shape index (κ3) is 2.39. The molecule has 0 aromatic heterocycles. The van der Waals surface area contributed by atoms with E-state index >= 15 is 0 Å². The van der Waals surface area contributed by atoms with Crippen LogP contribution in [0.4, 0.5) is 0 Å². The van der Waals surface area contributed by atoms with E-state index in [-0.39, 0.29) is 0 Å². The molecule has 0 heterocycles. The lowest BCUT2D eigenvalue weighted by Gasteiger charge is -2.11. The Kier molecular flexibility index (Phi) is 3.17. The lowest BCUT2D eigenvalue weighted by atomic mass is 9.93. The molecule has 3 heteroatoms. The summed E-state index contributed by atoms with van der Waals surface area (Å²) in [6, 6.07) is 20.4. The van der Waals surface area contributed by atoms with Crippen molar-refractivity contribution in [1.29, 1.82) is 0 Å². The minimum Gasteiger partial charge on any atom is -0.366 e. The van der Waals surface area contributed by atoms with Gasteiger partial charge in [-0.2, -0.15) is 0 Å². The summed E-state index contributed by atoms with van der Waals surface area (Å²) in [5.74, 6) is 0.0846. The zero-order valence-corrected chi connectivity index (χ0v) is 12.7. The predicted molar refractivity (Wildman–Crippen MR) is 93.2 cm³/mol. The summed E-state index contributed by atoms with van der Waals surface area (Å²) in [7, 11) is 0. The van der Waals surface area contributed by atoms with Gasteiger partial charge in [-0.25, -0.2) is 0 Å². The smallest absolute Gasteiger partial charge is 0.249 e. The minimum atomic E-state index is -0.398. The maximum atomic E-state index is 12.0. The van der Waals surface area contributed by atoms with Crippen molar-refractivity contribution in [3.05, 3.63) is 71.8 Å². The molecular weight excluding hydrogens is 284 g/mol. The van der Waals surface area contributed by atoms with Crippen LogP contribution in [0, 0.1) is 0 Å². The highest BCUT2D eigenvalue weighted by atomic mass is 16.1. The molecule has 4 N–H and O–H groups in total. The van der Waals surface area contributed by atoms with Crippen LogP contribution in [0.3, 0.4) is 0 Å². The van der Waals surface area contributed by atoms with Gasteiger partial charge >= 0.3 is 0 Å². The molecule has 114 valence electrons. The lowest BCUT2D eigenvalue weighted by Crippen LogP contribution is -2.13. The maximum absolute atomic E-state index is 12.0. The molecule has 3 aromatic carbocycles. The Morgan fingerprint density at radius 2 is 1.65 bits per heavy atom. The summed E-state index contributed by atoms with van der Waals surface area (Å²) in [5.41, 5.74) is 15.3. The Labute approximate surface area is 134 Å². The van der Waals surface area contributed by atoms with Crippen molar-refractivity contribution in [2.45, 2.75) is 18.4 Å². The number of nitrogens with two attached hydrogens (primary N) is 2. The van der Waals surface area contributed by atoms with Crippen LogP contribution >= 0.6 is 0 Å². The Morgan fingerprint density at radius 3 is 2.30 bits per heavy atom. The van der Waals surface area contributed by atoms with E-state index in [4.69, 9.17) is 11.5 Å². The van der Waals surface area contributed by atoms with E-state index in [1.165, 1.54) is 5.56 Å². The fourth-order valence-electron chi connectivity index (χ4n) is 3.29. The Morgan fingerprint density at radius 1 is 0.957 bits per heavy atom. The minimum absolute atomic E-state index is 0.294. The molecule has 3 aromatic rings. The van der Waals surface area contributed by atoms with Crippen LogP contribution in [0.15, 0.2) is 60.7 Å². The summed E-state index contributed by atoms with van der Waals surface area (Å²) >= 11 is 0. The van der Waals surface area contributed by atoms with Gasteiger partial charge in [-0.15, -0.1) is 0 Å². The van der Waals surface area contributed by atoms with E-state index in [9.17, 15) is 4.79 Å². The van der Waals surface area contributed by atoms with E-state index in [1.54, 1.807) is 0 Å². The molecule has 2 unspecified atom stereocenters. The maximum Gasteiger partial charge on any atom is 0.249 e. The normalized spacial score (nSPS) is 19.7. The van der Waals surface area contributed by atoms with Gasteiger partial charge in [0.2, 0.25) is 5.91 Å². The SMILES string of the molecule is NC(=O)c1c(-c2ccc(C3CC3N)cc2)ccc2ccccc12. The highest BCUT2D eigenvalue weighted by Crippen LogP contribution is 2.40. The molecule has 23 heavy (non-hydrogen) atoms. The summed E-state index contributed by atoms with van der Waals surface area (Å²) < 4.78 is 0. The molecule has 4 rings (SSSR count). The average Bonchev–Trinajstić information content (AvgIpc) is 3.30. The fraction of sp³-hybridized carbons (Fsp3) is 0.150. The molecule has 1 amide bonds. The third-order valence-electron chi connectivity index (χ3n) is 4.67. The second kappa shape index (κ2) is 5.21. The second-order valence-electron chi connectivity index (χ2n) is 6.20. The average molecular weight is 302 g/mol. The number of primary amides is 1. The second-order valence-corrected chi connectivity index (χ2v) is 6.20. The van der Waals surface area contributed by atoms with Gasteiger partial charge in [-0.1, -0.05) is 60.7 Å². The van der Waals surface area contributed by atoms with Crippen molar-refractivity contribution >= 4 is 16.7 Å². The number of carbonyl (C=O) groups is 1. The number of fused-ring (bicyclic) bond motifs is 1. The van der Waals surface area contributed by atoms with Crippen LogP contribution < -0.4 is 11.5 Å². The summed E-state index contributed by atoms with van der Waals surface area (Å²) in [4.78, 5) is 12.0. The van der Waals surface area contributed by atoms with Crippen LogP contribution in [-0.4, -0.2) is 11.9 Å². The van der Waals surface area contributed by atoms with Gasteiger partial charge in [0.1, 0.15) is 0 Å². The van der Waals surface area contributed by atoms with Gasteiger partial charge in [-0.3, -0.25) is 4.79 Å². The molecule has 0 saturated heterocycles. The van der Waals surface area contributed by atoms with E-state index in [0.29, 0.717) is 17.5 Å². The van der Waals surface area contributed by atoms with Crippen molar-refractivity contribution in [3.63, 3.8) is 0 Å². The first-order chi connectivity index (χ1) is 11.1. The Balaban J connectivity index is 1.84. The zero-order valence-electron chi connectivity index (χ0n) is 12.7. The molecule has 0 bridgehead atoms. The van der Waals surface area contributed by atoms with Crippen molar-refractivity contribution in [2.75, 3.05) is 0 Å². The number of amides is 1.